The van der Waals surface area contributed by atoms with Crippen LogP contribution in [0.4, 0.5) is 9.18 Å². The molecule has 0 saturated heterocycles. The molecule has 0 unspecified atom stereocenters. The van der Waals surface area contributed by atoms with Crippen LogP contribution >= 0.6 is 11.8 Å². The van der Waals surface area contributed by atoms with Gasteiger partial charge in [0, 0.05) is 20.6 Å². The van der Waals surface area contributed by atoms with E-state index in [9.17, 15) is 14.0 Å². The molecule has 2 amide bonds. The number of carbonyl (C=O) groups is 2. The van der Waals surface area contributed by atoms with E-state index in [2.05, 4.69) is 5.32 Å². The maximum Gasteiger partial charge on any atom is 0.286 e. The minimum atomic E-state index is -0.361. The van der Waals surface area contributed by atoms with Gasteiger partial charge in [-0.25, -0.2) is 4.39 Å². The Kier molecular flexibility index (Phi) is 8.76. The van der Waals surface area contributed by atoms with E-state index in [4.69, 9.17) is 9.47 Å². The highest BCUT2D eigenvalue weighted by atomic mass is 32.2. The van der Waals surface area contributed by atoms with Crippen LogP contribution in [0.25, 0.3) is 17.2 Å². The smallest absolute Gasteiger partial charge is 0.286 e. The van der Waals surface area contributed by atoms with Crippen molar-refractivity contribution in [3.63, 3.8) is 0 Å². The van der Waals surface area contributed by atoms with E-state index in [-0.39, 0.29) is 23.4 Å². The molecule has 1 aliphatic rings. The monoisotopic (exact) mass is 546 g/mol. The summed E-state index contributed by atoms with van der Waals surface area (Å²) >= 11 is 1.03. The van der Waals surface area contributed by atoms with Crippen LogP contribution in [0.5, 0.6) is 11.5 Å². The summed E-state index contributed by atoms with van der Waals surface area (Å²) in [7, 11) is 6.45. The van der Waals surface area contributed by atoms with Gasteiger partial charge in [0.15, 0.2) is 0 Å². The molecule has 1 N–H and O–H groups in total. The number of ether oxygens (including phenoxy) is 2. The first-order chi connectivity index (χ1) is 18.7. The Morgan fingerprint density at radius 2 is 1.64 bits per heavy atom. The lowest BCUT2D eigenvalue weighted by molar-refractivity contribution is -0.120. The molecular formula is C31H31FN2O4S. The number of allylic oxidation sites excluding steroid dienone is 2. The van der Waals surface area contributed by atoms with Crippen molar-refractivity contribution in [2.75, 3.05) is 28.3 Å². The van der Waals surface area contributed by atoms with Crippen LogP contribution in [0.3, 0.4) is 0 Å². The Hall–Kier alpha value is -4.04. The summed E-state index contributed by atoms with van der Waals surface area (Å²) in [4.78, 5) is 27.3. The van der Waals surface area contributed by atoms with Gasteiger partial charge in [0.1, 0.15) is 22.2 Å². The molecule has 0 fully saturated rings. The predicted octanol–water partition coefficient (Wildman–Crippen LogP) is 6.65. The lowest BCUT2D eigenvalue weighted by Crippen LogP contribution is -2.22. The van der Waals surface area contributed by atoms with Crippen LogP contribution in [0.1, 0.15) is 35.6 Å². The number of rotatable bonds is 8. The molecule has 0 saturated carbocycles. The van der Waals surface area contributed by atoms with Gasteiger partial charge in [0.25, 0.3) is 5.24 Å². The molecule has 0 spiro atoms. The van der Waals surface area contributed by atoms with Crippen molar-refractivity contribution in [2.45, 2.75) is 24.8 Å². The Morgan fingerprint density at radius 1 is 0.974 bits per heavy atom. The lowest BCUT2D eigenvalue weighted by atomic mass is 10.0. The minimum absolute atomic E-state index is 0.126. The highest BCUT2D eigenvalue weighted by Crippen LogP contribution is 2.45. The van der Waals surface area contributed by atoms with Crippen LogP contribution in [-0.2, 0) is 11.3 Å². The summed E-state index contributed by atoms with van der Waals surface area (Å²) in [6.45, 7) is 2.36. The van der Waals surface area contributed by atoms with Crippen molar-refractivity contribution in [2.24, 2.45) is 0 Å². The molecule has 3 aromatic carbocycles. The van der Waals surface area contributed by atoms with Crippen LogP contribution < -0.4 is 14.8 Å². The number of methoxy groups -OCH3 is 2. The van der Waals surface area contributed by atoms with E-state index in [0.29, 0.717) is 28.5 Å². The molecule has 0 aliphatic heterocycles. The molecule has 6 nitrogen and oxygen atoms in total. The summed E-state index contributed by atoms with van der Waals surface area (Å²) in [5, 5.41) is 2.81. The third kappa shape index (κ3) is 6.34. The molecule has 0 atom stereocenters. The number of thioether (sulfide) groups is 1. The van der Waals surface area contributed by atoms with Crippen molar-refractivity contribution < 1.29 is 23.5 Å². The zero-order chi connectivity index (χ0) is 28.1. The van der Waals surface area contributed by atoms with Crippen molar-refractivity contribution in [3.05, 3.63) is 94.3 Å². The maximum absolute atomic E-state index is 14.3. The van der Waals surface area contributed by atoms with Crippen molar-refractivity contribution in [1.82, 2.24) is 10.2 Å². The first-order valence-electron chi connectivity index (χ1n) is 12.4. The molecule has 8 heteroatoms. The fraction of sp³-hybridized carbons (Fsp3) is 0.226. The summed E-state index contributed by atoms with van der Waals surface area (Å²) in [6, 6.07) is 18.0. The number of nitrogens with zero attached hydrogens (tertiary/aromatic N) is 1. The topological polar surface area (TPSA) is 67.9 Å². The molecule has 4 rings (SSSR count). The van der Waals surface area contributed by atoms with Crippen LogP contribution in [-0.4, -0.2) is 44.4 Å². The average molecular weight is 547 g/mol. The number of halogens is 1. The van der Waals surface area contributed by atoms with Crippen LogP contribution in [0.2, 0.25) is 0 Å². The molecule has 202 valence electrons. The second-order valence-corrected chi connectivity index (χ2v) is 10.3. The van der Waals surface area contributed by atoms with Gasteiger partial charge in [0.05, 0.1) is 20.6 Å². The van der Waals surface area contributed by atoms with E-state index in [1.165, 1.54) is 17.0 Å². The SMILES string of the molecule is COc1cc(C=C2C(C)=C(CC(=O)NCc3ccccc3)c3cc(F)ccc32)cc(OC)c1SC(=O)N(C)C. The zero-order valence-corrected chi connectivity index (χ0v) is 23.4. The van der Waals surface area contributed by atoms with Crippen molar-refractivity contribution >= 4 is 40.1 Å². The second kappa shape index (κ2) is 12.2. The quantitative estimate of drug-likeness (QED) is 0.321. The molecule has 39 heavy (non-hydrogen) atoms. The van der Waals surface area contributed by atoms with Gasteiger partial charge in [-0.15, -0.1) is 0 Å². The summed E-state index contributed by atoms with van der Waals surface area (Å²) in [6.07, 6.45) is 2.09. The number of fused-ring (bicyclic) bond motifs is 1. The standard InChI is InChI=1S/C31H31FN2O4S/c1-19-24(13-21-14-27(37-4)30(28(15-21)38-5)39-31(36)34(2)3)23-12-11-22(32)16-26(23)25(19)17-29(35)33-18-20-9-7-6-8-10-20/h6-16H,17-18H2,1-5H3,(H,33,35). The number of carbonyl (C=O) groups excluding carboxylic acids is 2. The second-order valence-electron chi connectivity index (χ2n) is 9.31. The van der Waals surface area contributed by atoms with Crippen molar-refractivity contribution in [1.29, 1.82) is 0 Å². The van der Waals surface area contributed by atoms with Crippen LogP contribution in [0, 0.1) is 5.82 Å². The molecule has 0 aromatic heterocycles. The van der Waals surface area contributed by atoms with Gasteiger partial charge < -0.3 is 19.7 Å². The van der Waals surface area contributed by atoms with Gasteiger partial charge >= 0.3 is 0 Å². The third-order valence-electron chi connectivity index (χ3n) is 6.47. The molecule has 0 heterocycles. The molecular weight excluding hydrogens is 515 g/mol. The van der Waals surface area contributed by atoms with Crippen LogP contribution in [0.15, 0.2) is 71.1 Å². The minimum Gasteiger partial charge on any atom is -0.495 e. The third-order valence-corrected chi connectivity index (χ3v) is 7.62. The van der Waals surface area contributed by atoms with Gasteiger partial charge in [-0.2, -0.15) is 0 Å². The summed E-state index contributed by atoms with van der Waals surface area (Å²) in [5.74, 6) is 0.502. The van der Waals surface area contributed by atoms with Gasteiger partial charge in [-0.05, 0) is 88.0 Å². The first-order valence-corrected chi connectivity index (χ1v) is 13.2. The summed E-state index contributed by atoms with van der Waals surface area (Å²) in [5.41, 5.74) is 5.89. The Morgan fingerprint density at radius 3 is 2.26 bits per heavy atom. The Balaban J connectivity index is 1.69. The van der Waals surface area contributed by atoms with E-state index < -0.39 is 0 Å². The number of benzene rings is 3. The highest BCUT2D eigenvalue weighted by Gasteiger charge is 2.26. The molecule has 0 radical (unpaired) electrons. The number of hydrogen-bond acceptors (Lipinski definition) is 5. The average Bonchev–Trinajstić information content (AvgIpc) is 3.17. The lowest BCUT2D eigenvalue weighted by Gasteiger charge is -2.16. The number of nitrogens with one attached hydrogen (secondary N) is 1. The Labute approximate surface area is 232 Å². The number of amides is 2. The largest absolute Gasteiger partial charge is 0.495 e. The molecule has 1 aliphatic carbocycles. The molecule has 0 bridgehead atoms. The fourth-order valence-electron chi connectivity index (χ4n) is 4.43. The van der Waals surface area contributed by atoms with E-state index >= 15 is 0 Å². The summed E-state index contributed by atoms with van der Waals surface area (Å²) < 4.78 is 25.5. The van der Waals surface area contributed by atoms with Gasteiger partial charge in [-0.3, -0.25) is 9.59 Å². The first kappa shape index (κ1) is 28.0. The maximum atomic E-state index is 14.3. The zero-order valence-electron chi connectivity index (χ0n) is 22.6. The van der Waals surface area contributed by atoms with Gasteiger partial charge in [-0.1, -0.05) is 36.4 Å². The van der Waals surface area contributed by atoms with E-state index in [1.807, 2.05) is 55.5 Å². The van der Waals surface area contributed by atoms with Crippen molar-refractivity contribution in [3.8, 4) is 11.5 Å². The predicted molar refractivity (Wildman–Crippen MR) is 154 cm³/mol. The van der Waals surface area contributed by atoms with E-state index in [1.54, 1.807) is 34.4 Å². The van der Waals surface area contributed by atoms with E-state index in [0.717, 1.165) is 45.2 Å². The molecule has 3 aromatic rings. The fourth-order valence-corrected chi connectivity index (χ4v) is 5.27. The number of hydrogen-bond donors (Lipinski definition) is 1. The highest BCUT2D eigenvalue weighted by molar-refractivity contribution is 8.13. The normalized spacial score (nSPS) is 13.3. The van der Waals surface area contributed by atoms with Gasteiger partial charge in [0.2, 0.25) is 5.91 Å². The Bertz CT molecular complexity index is 1440.